The first-order valence-electron chi connectivity index (χ1n) is 17.6. The number of Topliss-reactive ketones (excluding diaryl/α,β-unsaturated/α-hetero) is 4. The molecule has 1 aromatic heterocycles. The third kappa shape index (κ3) is 5.37. The number of ketones is 4. The number of aryl methyl sites for hydroxylation is 1. The van der Waals surface area contributed by atoms with E-state index in [1.807, 2.05) is 0 Å². The summed E-state index contributed by atoms with van der Waals surface area (Å²) in [5.74, 6) is -7.29. The smallest absolute Gasteiger partial charge is 0.255 e. The van der Waals surface area contributed by atoms with Crippen LogP contribution in [0.1, 0.15) is 87.4 Å². The second-order valence-electron chi connectivity index (χ2n) is 14.2. The Morgan fingerprint density at radius 2 is 1.73 bits per heavy atom. The van der Waals surface area contributed by atoms with Gasteiger partial charge in [0.2, 0.25) is 17.3 Å². The largest absolute Gasteiger partial charge is 0.507 e. The van der Waals surface area contributed by atoms with Crippen molar-refractivity contribution >= 4 is 34.8 Å². The molecule has 17 nitrogen and oxygen atoms in total. The number of carbonyl (C=O) groups is 5. The Morgan fingerprint density at radius 3 is 2.38 bits per heavy atom. The van der Waals surface area contributed by atoms with Crippen LogP contribution in [0.25, 0.3) is 0 Å². The van der Waals surface area contributed by atoms with Crippen molar-refractivity contribution in [2.75, 3.05) is 21.3 Å². The van der Waals surface area contributed by atoms with E-state index in [1.54, 1.807) is 25.3 Å². The van der Waals surface area contributed by atoms with Crippen LogP contribution in [0.15, 0.2) is 41.7 Å². The van der Waals surface area contributed by atoms with Crippen LogP contribution in [0.5, 0.6) is 11.5 Å². The lowest BCUT2D eigenvalue weighted by molar-refractivity contribution is -0.228. The third-order valence-corrected chi connectivity index (χ3v) is 11.2. The molecule has 56 heavy (non-hydrogen) atoms. The zero-order valence-corrected chi connectivity index (χ0v) is 30.9. The number of hydrogen-bond donors (Lipinski definition) is 6. The first-order chi connectivity index (χ1) is 26.6. The van der Waals surface area contributed by atoms with Crippen molar-refractivity contribution in [2.45, 2.75) is 81.2 Å². The van der Waals surface area contributed by atoms with E-state index in [0.717, 1.165) is 13.2 Å². The summed E-state index contributed by atoms with van der Waals surface area (Å²) >= 11 is 0. The van der Waals surface area contributed by atoms with Gasteiger partial charge in [0.05, 0.1) is 41.0 Å². The van der Waals surface area contributed by atoms with E-state index in [0.29, 0.717) is 5.56 Å². The highest BCUT2D eigenvalue weighted by Crippen LogP contribution is 2.56. The van der Waals surface area contributed by atoms with Gasteiger partial charge in [-0.1, -0.05) is 12.1 Å². The van der Waals surface area contributed by atoms with E-state index in [9.17, 15) is 49.5 Å². The summed E-state index contributed by atoms with van der Waals surface area (Å²) in [7, 11) is 3.59. The number of nitrogens with zero attached hydrogens (tertiary/aromatic N) is 2. The molecule has 294 valence electrons. The number of phenols is 2. The molecule has 1 amide bonds. The number of hydrogen-bond acceptors (Lipinski definition) is 16. The van der Waals surface area contributed by atoms with Gasteiger partial charge in [-0.3, -0.25) is 33.9 Å². The van der Waals surface area contributed by atoms with Gasteiger partial charge in [-0.25, -0.2) is 0 Å². The van der Waals surface area contributed by atoms with Gasteiger partial charge in [-0.15, -0.1) is 0 Å². The number of aromatic hydroxyl groups is 2. The Labute approximate surface area is 318 Å². The molecule has 7 rings (SSSR count). The number of aliphatic imine (C=N–C) groups is 1. The number of phenolic OH excluding ortho intramolecular Hbond substituents is 2. The van der Waals surface area contributed by atoms with Crippen LogP contribution in [-0.2, 0) is 37.5 Å². The number of rotatable bonds is 7. The Bertz CT molecular complexity index is 2240. The van der Waals surface area contributed by atoms with Gasteiger partial charge in [0.25, 0.3) is 5.91 Å². The fraction of sp³-hybridized carbons (Fsp3) is 0.410. The number of amides is 1. The maximum absolute atomic E-state index is 14.8. The standard InChI is InChI=1S/C39H39N3O14/c1-15-9-18-10-23(44)39(55-5)35(50)26-20(34(49)38(39,52)27(18)30(47)24(15)36(51)41-14-17-7-6-8-40-13-17)11-19-25(29(26)46)22(43)12-21(28(19)45)42-37-33(54-4)31(48)32(53-3)16(2)56-37/h6-9,11,13,16,23,31-33,37,44,46-48,52H,10,12,14H2,1-5H3,(H,41,51)/t16-,23+,31+,32-,33+,37?,38-,39+/m0/s1. The summed E-state index contributed by atoms with van der Waals surface area (Å²) in [6, 6.07) is 5.61. The minimum absolute atomic E-state index is 0.00578. The number of nitrogens with one attached hydrogen (secondary N) is 1. The molecular weight excluding hydrogens is 734 g/mol. The van der Waals surface area contributed by atoms with E-state index in [2.05, 4.69) is 15.3 Å². The minimum atomic E-state index is -3.25. The third-order valence-electron chi connectivity index (χ3n) is 11.2. The summed E-state index contributed by atoms with van der Waals surface area (Å²) in [6.07, 6.45) is -5.22. The molecule has 8 atom stereocenters. The highest BCUT2D eigenvalue weighted by Gasteiger charge is 2.72. The van der Waals surface area contributed by atoms with E-state index in [-0.39, 0.29) is 28.9 Å². The molecule has 1 fully saturated rings. The Kier molecular flexibility index (Phi) is 9.77. The lowest BCUT2D eigenvalue weighted by Gasteiger charge is -2.53. The van der Waals surface area contributed by atoms with Crippen LogP contribution < -0.4 is 5.32 Å². The summed E-state index contributed by atoms with van der Waals surface area (Å²) in [5.41, 5.74) is -9.34. The number of benzene rings is 2. The first kappa shape index (κ1) is 39.0. The molecular formula is C39H39N3O14. The van der Waals surface area contributed by atoms with Crippen molar-refractivity contribution in [1.82, 2.24) is 10.3 Å². The van der Waals surface area contributed by atoms with E-state index in [4.69, 9.17) is 18.9 Å². The number of aliphatic hydroxyl groups excluding tert-OH is 2. The van der Waals surface area contributed by atoms with Crippen molar-refractivity contribution in [2.24, 2.45) is 4.99 Å². The zero-order valence-electron chi connectivity index (χ0n) is 30.9. The summed E-state index contributed by atoms with van der Waals surface area (Å²) < 4.78 is 22.1. The van der Waals surface area contributed by atoms with E-state index in [1.165, 1.54) is 33.4 Å². The normalized spacial score (nSPS) is 30.4. The van der Waals surface area contributed by atoms with Gasteiger partial charge in [0.15, 0.2) is 23.2 Å². The lowest BCUT2D eigenvalue weighted by Crippen LogP contribution is -2.73. The second kappa shape index (κ2) is 14.0. The fourth-order valence-electron chi connectivity index (χ4n) is 8.60. The van der Waals surface area contributed by atoms with Crippen molar-refractivity contribution in [1.29, 1.82) is 0 Å². The van der Waals surface area contributed by atoms with E-state index < -0.39 is 129 Å². The second-order valence-corrected chi connectivity index (χ2v) is 14.2. The molecule has 6 N–H and O–H groups in total. The SMILES string of the molecule is CO[C@@H]1[C@@H](O)[C@@H](OC)C(N=C2CC(=O)c3c(cc4c(c3O)C(=O)[C@]3(OC)[C@H](O)Cc5cc(C)c(C(=O)NCc6cccnc6)c(O)c5[C@]3(O)C4=O)C2=O)O[C@H]1C. The molecule has 0 radical (unpaired) electrons. The molecule has 2 heterocycles. The zero-order chi connectivity index (χ0) is 40.6. The average molecular weight is 774 g/mol. The molecule has 3 aromatic rings. The number of methoxy groups -OCH3 is 3. The molecule has 0 spiro atoms. The molecule has 2 aromatic carbocycles. The van der Waals surface area contributed by atoms with Gasteiger partial charge in [-0.05, 0) is 42.7 Å². The maximum atomic E-state index is 14.8. The van der Waals surface area contributed by atoms with Crippen LogP contribution >= 0.6 is 0 Å². The summed E-state index contributed by atoms with van der Waals surface area (Å²) in [5, 5.41) is 61.2. The minimum Gasteiger partial charge on any atom is -0.507 e. The van der Waals surface area contributed by atoms with Crippen LogP contribution in [0.4, 0.5) is 0 Å². The summed E-state index contributed by atoms with van der Waals surface area (Å²) in [4.78, 5) is 79.1. The fourth-order valence-corrected chi connectivity index (χ4v) is 8.60. The van der Waals surface area contributed by atoms with Gasteiger partial charge in [0.1, 0.15) is 29.8 Å². The average Bonchev–Trinajstić information content (AvgIpc) is 3.15. The van der Waals surface area contributed by atoms with Crippen molar-refractivity contribution in [3.8, 4) is 11.5 Å². The molecule has 1 unspecified atom stereocenters. The predicted molar refractivity (Wildman–Crippen MR) is 191 cm³/mol. The van der Waals surface area contributed by atoms with Crippen LogP contribution in [0.3, 0.4) is 0 Å². The number of carbonyl (C=O) groups excluding carboxylic acids is 5. The van der Waals surface area contributed by atoms with Gasteiger partial charge in [-0.2, -0.15) is 0 Å². The van der Waals surface area contributed by atoms with Crippen LogP contribution in [-0.4, -0.2) is 129 Å². The molecule has 0 bridgehead atoms. The van der Waals surface area contributed by atoms with Gasteiger partial charge >= 0.3 is 0 Å². The highest BCUT2D eigenvalue weighted by atomic mass is 16.6. The monoisotopic (exact) mass is 773 g/mol. The Morgan fingerprint density at radius 1 is 1.02 bits per heavy atom. The van der Waals surface area contributed by atoms with E-state index >= 15 is 0 Å². The van der Waals surface area contributed by atoms with Crippen molar-refractivity contribution in [3.63, 3.8) is 0 Å². The summed E-state index contributed by atoms with van der Waals surface area (Å²) in [6.45, 7) is 3.09. The lowest BCUT2D eigenvalue weighted by atomic mass is 9.56. The maximum Gasteiger partial charge on any atom is 0.255 e. The quantitative estimate of drug-likeness (QED) is 0.193. The molecule has 0 saturated carbocycles. The number of pyridine rings is 1. The Hall–Kier alpha value is -5.27. The molecule has 17 heteroatoms. The number of fused-ring (bicyclic) bond motifs is 5. The first-order valence-corrected chi connectivity index (χ1v) is 17.6. The number of aromatic nitrogens is 1. The predicted octanol–water partition coefficient (Wildman–Crippen LogP) is 0.646. The molecule has 1 saturated heterocycles. The Balaban J connectivity index is 1.36. The topological polar surface area (TPSA) is 261 Å². The number of aliphatic hydroxyl groups is 3. The van der Waals surface area contributed by atoms with Crippen molar-refractivity contribution < 1.29 is 68.5 Å². The molecule has 3 aliphatic carbocycles. The van der Waals surface area contributed by atoms with Gasteiger partial charge < -0.3 is 49.8 Å². The van der Waals surface area contributed by atoms with Gasteiger partial charge in [0, 0.05) is 63.4 Å². The van der Waals surface area contributed by atoms with Crippen molar-refractivity contribution in [3.05, 3.63) is 86.7 Å². The van der Waals surface area contributed by atoms with Crippen LogP contribution in [0, 0.1) is 6.92 Å². The van der Waals surface area contributed by atoms with Crippen LogP contribution in [0.2, 0.25) is 0 Å². The highest BCUT2D eigenvalue weighted by molar-refractivity contribution is 6.53. The molecule has 4 aliphatic rings. The molecule has 1 aliphatic heterocycles. The number of ether oxygens (including phenoxy) is 4.